The van der Waals surface area contributed by atoms with Gasteiger partial charge in [0.2, 0.25) is 10.0 Å². The minimum Gasteiger partial charge on any atom is -0.408 e. The van der Waals surface area contributed by atoms with Gasteiger partial charge in [0.15, 0.2) is 5.58 Å². The van der Waals surface area contributed by atoms with Gasteiger partial charge in [-0.05, 0) is 36.8 Å². The molecule has 6 nitrogen and oxygen atoms in total. The third-order valence-corrected chi connectivity index (χ3v) is 6.48. The zero-order valence-electron chi connectivity index (χ0n) is 12.3. The number of nitrogens with one attached hydrogen (secondary N) is 1. The number of nitrogens with zero attached hydrogens (tertiary/aromatic N) is 1. The second-order valence-electron chi connectivity index (χ2n) is 6.32. The average molecular weight is 322 g/mol. The van der Waals surface area contributed by atoms with Crippen LogP contribution in [-0.2, 0) is 17.1 Å². The van der Waals surface area contributed by atoms with E-state index < -0.39 is 15.8 Å². The van der Waals surface area contributed by atoms with Crippen molar-refractivity contribution in [2.75, 3.05) is 0 Å². The van der Waals surface area contributed by atoms with Crippen molar-refractivity contribution in [2.45, 2.75) is 36.6 Å². The summed E-state index contributed by atoms with van der Waals surface area (Å²) in [4.78, 5) is 11.6. The first-order chi connectivity index (χ1) is 10.5. The van der Waals surface area contributed by atoms with Crippen molar-refractivity contribution in [2.24, 2.45) is 18.9 Å². The van der Waals surface area contributed by atoms with Gasteiger partial charge in [-0.15, -0.1) is 0 Å². The highest BCUT2D eigenvalue weighted by Gasteiger charge is 2.52. The fraction of sp³-hybridized carbons (Fsp3) is 0.533. The highest BCUT2D eigenvalue weighted by atomic mass is 32.2. The molecule has 0 saturated heterocycles. The van der Waals surface area contributed by atoms with Crippen molar-refractivity contribution in [3.63, 3.8) is 0 Å². The van der Waals surface area contributed by atoms with E-state index in [9.17, 15) is 13.2 Å². The van der Waals surface area contributed by atoms with Crippen LogP contribution in [0.5, 0.6) is 0 Å². The number of hydrogen-bond donors (Lipinski definition) is 1. The molecule has 2 aliphatic rings. The van der Waals surface area contributed by atoms with E-state index in [0.717, 1.165) is 12.8 Å². The lowest BCUT2D eigenvalue weighted by molar-refractivity contribution is 0.480. The van der Waals surface area contributed by atoms with E-state index >= 15 is 0 Å². The summed E-state index contributed by atoms with van der Waals surface area (Å²) >= 11 is 0. The fourth-order valence-corrected chi connectivity index (χ4v) is 5.05. The molecule has 2 aromatic rings. The molecular formula is C15H18N2O4S. The smallest absolute Gasteiger partial charge is 0.408 e. The molecule has 0 aliphatic heterocycles. The second kappa shape index (κ2) is 4.70. The first-order valence-electron chi connectivity index (χ1n) is 7.59. The Kier molecular flexibility index (Phi) is 2.99. The Hall–Kier alpha value is -1.60. The molecule has 4 rings (SSSR count). The molecule has 2 fully saturated rings. The van der Waals surface area contributed by atoms with Crippen molar-refractivity contribution in [1.82, 2.24) is 9.29 Å². The normalized spacial score (nSPS) is 27.8. The molecule has 0 radical (unpaired) electrons. The first kappa shape index (κ1) is 14.0. The van der Waals surface area contributed by atoms with E-state index in [2.05, 4.69) is 4.72 Å². The standard InChI is InChI=1S/C15H18N2O4S/c1-17-12-7-6-9(8-13(12)21-15(17)18)22(19,20)16-14-10-4-2-3-5-11(10)14/h6-8,10-11,14,16H,2-5H2,1H3/t10-,11-/m0/s1. The van der Waals surface area contributed by atoms with E-state index in [1.165, 1.54) is 29.5 Å². The summed E-state index contributed by atoms with van der Waals surface area (Å²) in [7, 11) is -1.98. The second-order valence-corrected chi connectivity index (χ2v) is 8.03. The summed E-state index contributed by atoms with van der Waals surface area (Å²) < 4.78 is 34.3. The number of oxazole rings is 1. The molecule has 1 N–H and O–H groups in total. The van der Waals surface area contributed by atoms with Crippen LogP contribution in [0.2, 0.25) is 0 Å². The highest BCUT2D eigenvalue weighted by Crippen LogP contribution is 2.50. The van der Waals surface area contributed by atoms with E-state index in [1.807, 2.05) is 0 Å². The zero-order chi connectivity index (χ0) is 15.5. The molecule has 0 spiro atoms. The first-order valence-corrected chi connectivity index (χ1v) is 9.07. The molecule has 1 aromatic heterocycles. The van der Waals surface area contributed by atoms with Gasteiger partial charge in [0.25, 0.3) is 0 Å². The van der Waals surface area contributed by atoms with Gasteiger partial charge in [0.05, 0.1) is 10.4 Å². The third-order valence-electron chi connectivity index (χ3n) is 5.02. The summed E-state index contributed by atoms with van der Waals surface area (Å²) in [6.45, 7) is 0. The summed E-state index contributed by atoms with van der Waals surface area (Å²) in [5.74, 6) is 0.509. The lowest BCUT2D eigenvalue weighted by Gasteiger charge is -2.06. The Bertz CT molecular complexity index is 884. The lowest BCUT2D eigenvalue weighted by atomic mass is 10.0. The summed E-state index contributed by atoms with van der Waals surface area (Å²) in [5.41, 5.74) is 0.882. The molecule has 0 bridgehead atoms. The van der Waals surface area contributed by atoms with Crippen LogP contribution in [0.1, 0.15) is 25.7 Å². The van der Waals surface area contributed by atoms with Crippen LogP contribution in [-0.4, -0.2) is 19.0 Å². The maximum absolute atomic E-state index is 12.5. The van der Waals surface area contributed by atoms with Gasteiger partial charge in [0.1, 0.15) is 0 Å². The highest BCUT2D eigenvalue weighted by molar-refractivity contribution is 7.89. The Balaban J connectivity index is 1.64. The van der Waals surface area contributed by atoms with Crippen molar-refractivity contribution >= 4 is 21.1 Å². The SMILES string of the molecule is Cn1c(=O)oc2cc(S(=O)(=O)NC3[C@H]4CCCC[C@H]34)ccc21. The summed E-state index contributed by atoms with van der Waals surface area (Å²) in [6.07, 6.45) is 4.62. The maximum atomic E-state index is 12.5. The molecular weight excluding hydrogens is 304 g/mol. The monoisotopic (exact) mass is 322 g/mol. The number of fused-ring (bicyclic) bond motifs is 2. The van der Waals surface area contributed by atoms with Crippen molar-refractivity contribution in [1.29, 1.82) is 0 Å². The van der Waals surface area contributed by atoms with E-state index in [4.69, 9.17) is 4.42 Å². The minimum atomic E-state index is -3.57. The van der Waals surface area contributed by atoms with Crippen LogP contribution in [0, 0.1) is 11.8 Å². The number of aromatic nitrogens is 1. The topological polar surface area (TPSA) is 81.3 Å². The van der Waals surface area contributed by atoms with E-state index in [0.29, 0.717) is 22.9 Å². The minimum absolute atomic E-state index is 0.0750. The third kappa shape index (κ3) is 2.11. The largest absolute Gasteiger partial charge is 0.419 e. The molecule has 22 heavy (non-hydrogen) atoms. The molecule has 0 amide bonds. The molecule has 2 saturated carbocycles. The molecule has 2 aliphatic carbocycles. The van der Waals surface area contributed by atoms with Gasteiger partial charge in [-0.1, -0.05) is 12.8 Å². The number of rotatable bonds is 3. The van der Waals surface area contributed by atoms with E-state index in [-0.39, 0.29) is 10.9 Å². The Morgan fingerprint density at radius 3 is 2.59 bits per heavy atom. The van der Waals surface area contributed by atoms with Gasteiger partial charge < -0.3 is 4.42 Å². The molecule has 1 aromatic carbocycles. The molecule has 0 unspecified atom stereocenters. The number of hydrogen-bond acceptors (Lipinski definition) is 4. The van der Waals surface area contributed by atoms with Gasteiger partial charge in [0, 0.05) is 19.2 Å². The average Bonchev–Trinajstić information content (AvgIpc) is 3.10. The number of aryl methyl sites for hydroxylation is 1. The van der Waals surface area contributed by atoms with Crippen molar-refractivity contribution < 1.29 is 12.8 Å². The van der Waals surface area contributed by atoms with Crippen LogP contribution in [0.25, 0.3) is 11.1 Å². The van der Waals surface area contributed by atoms with Gasteiger partial charge in [-0.3, -0.25) is 4.57 Å². The van der Waals surface area contributed by atoms with Crippen LogP contribution in [0.4, 0.5) is 0 Å². The Morgan fingerprint density at radius 2 is 1.91 bits per heavy atom. The molecule has 118 valence electrons. The zero-order valence-corrected chi connectivity index (χ0v) is 13.1. The molecule has 7 heteroatoms. The van der Waals surface area contributed by atoms with Gasteiger partial charge >= 0.3 is 5.76 Å². The number of benzene rings is 1. The van der Waals surface area contributed by atoms with Crippen molar-refractivity contribution in [3.8, 4) is 0 Å². The van der Waals surface area contributed by atoms with Crippen LogP contribution in [0.15, 0.2) is 32.3 Å². The molecule has 1 heterocycles. The quantitative estimate of drug-likeness (QED) is 0.930. The Labute approximate surface area is 128 Å². The van der Waals surface area contributed by atoms with Crippen LogP contribution < -0.4 is 10.5 Å². The summed E-state index contributed by atoms with van der Waals surface area (Å²) in [5, 5.41) is 0. The van der Waals surface area contributed by atoms with Gasteiger partial charge in [-0.2, -0.15) is 0 Å². The molecule has 2 atom stereocenters. The Morgan fingerprint density at radius 1 is 1.23 bits per heavy atom. The predicted octanol–water partition coefficient (Wildman–Crippen LogP) is 1.60. The summed E-state index contributed by atoms with van der Waals surface area (Å²) in [6, 6.07) is 4.62. The maximum Gasteiger partial charge on any atom is 0.419 e. The van der Waals surface area contributed by atoms with Crippen LogP contribution >= 0.6 is 0 Å². The lowest BCUT2D eigenvalue weighted by Crippen LogP contribution is -2.27. The van der Waals surface area contributed by atoms with Gasteiger partial charge in [-0.25, -0.2) is 17.9 Å². The van der Waals surface area contributed by atoms with E-state index in [1.54, 1.807) is 13.1 Å². The fourth-order valence-electron chi connectivity index (χ4n) is 3.70. The number of sulfonamides is 1. The van der Waals surface area contributed by atoms with Crippen molar-refractivity contribution in [3.05, 3.63) is 28.7 Å². The predicted molar refractivity (Wildman–Crippen MR) is 81.0 cm³/mol. The van der Waals surface area contributed by atoms with Crippen LogP contribution in [0.3, 0.4) is 0 Å².